The standard InChI is InChI=1S/C18H27N3O4/c1-18(2,3)13(9-22)20-17(23)25-14-8-19-15(12-6-7-12)16(21-14)24-10-11-4-5-11/h8,11-13,22H,4-7,9-10H2,1-3H3,(H,20,23). The first kappa shape index (κ1) is 17.9. The lowest BCUT2D eigenvalue weighted by molar-refractivity contribution is 0.141. The lowest BCUT2D eigenvalue weighted by atomic mass is 9.87. The second kappa shape index (κ2) is 7.15. The maximum atomic E-state index is 12.1. The van der Waals surface area contributed by atoms with Gasteiger partial charge < -0.3 is 19.9 Å². The monoisotopic (exact) mass is 349 g/mol. The molecule has 25 heavy (non-hydrogen) atoms. The first-order valence-corrected chi connectivity index (χ1v) is 8.95. The summed E-state index contributed by atoms with van der Waals surface area (Å²) in [5.41, 5.74) is 0.574. The van der Waals surface area contributed by atoms with Crippen LogP contribution in [0, 0.1) is 11.3 Å². The SMILES string of the molecule is CC(C)(C)C(CO)NC(=O)Oc1cnc(C2CC2)c(OCC2CC2)n1. The largest absolute Gasteiger partial charge is 0.476 e. The smallest absolute Gasteiger partial charge is 0.414 e. The second-order valence-corrected chi connectivity index (χ2v) is 8.06. The lowest BCUT2D eigenvalue weighted by Crippen LogP contribution is -2.47. The van der Waals surface area contributed by atoms with Crippen molar-refractivity contribution in [2.24, 2.45) is 11.3 Å². The van der Waals surface area contributed by atoms with Crippen LogP contribution in [0.4, 0.5) is 4.79 Å². The lowest BCUT2D eigenvalue weighted by Gasteiger charge is -2.29. The van der Waals surface area contributed by atoms with Crippen LogP contribution in [0.3, 0.4) is 0 Å². The predicted octanol–water partition coefficient (Wildman–Crippen LogP) is 2.64. The van der Waals surface area contributed by atoms with Crippen molar-refractivity contribution in [1.82, 2.24) is 15.3 Å². The summed E-state index contributed by atoms with van der Waals surface area (Å²) in [4.78, 5) is 20.8. The Labute approximate surface area is 148 Å². The Hall–Kier alpha value is -1.89. The summed E-state index contributed by atoms with van der Waals surface area (Å²) in [6.45, 7) is 6.27. The molecule has 7 heteroatoms. The van der Waals surface area contributed by atoms with Gasteiger partial charge in [-0.25, -0.2) is 9.78 Å². The van der Waals surface area contributed by atoms with Gasteiger partial charge in [-0.05, 0) is 37.0 Å². The number of aromatic nitrogens is 2. The van der Waals surface area contributed by atoms with Gasteiger partial charge in [-0.15, -0.1) is 0 Å². The molecule has 7 nitrogen and oxygen atoms in total. The fourth-order valence-electron chi connectivity index (χ4n) is 2.44. The summed E-state index contributed by atoms with van der Waals surface area (Å²) in [5, 5.41) is 12.1. The number of hydrogen-bond donors (Lipinski definition) is 2. The van der Waals surface area contributed by atoms with Crippen LogP contribution in [0.1, 0.15) is 58.1 Å². The molecule has 0 spiro atoms. The normalized spacial score (nSPS) is 18.6. The highest BCUT2D eigenvalue weighted by Gasteiger charge is 2.31. The van der Waals surface area contributed by atoms with Gasteiger partial charge in [0.25, 0.3) is 0 Å². The topological polar surface area (TPSA) is 93.6 Å². The molecular weight excluding hydrogens is 322 g/mol. The number of nitrogens with zero attached hydrogens (tertiary/aromatic N) is 2. The maximum Gasteiger partial charge on any atom is 0.414 e. The Morgan fingerprint density at radius 2 is 2.08 bits per heavy atom. The molecule has 1 unspecified atom stereocenters. The van der Waals surface area contributed by atoms with E-state index in [4.69, 9.17) is 9.47 Å². The number of aliphatic hydroxyl groups is 1. The van der Waals surface area contributed by atoms with E-state index in [0.717, 1.165) is 18.5 Å². The number of carbonyl (C=O) groups is 1. The molecule has 1 aromatic heterocycles. The Morgan fingerprint density at radius 3 is 2.64 bits per heavy atom. The average molecular weight is 349 g/mol. The van der Waals surface area contributed by atoms with Gasteiger partial charge in [0.1, 0.15) is 5.69 Å². The molecule has 2 fully saturated rings. The van der Waals surface area contributed by atoms with Crippen molar-refractivity contribution in [3.63, 3.8) is 0 Å². The first-order valence-electron chi connectivity index (χ1n) is 8.95. The van der Waals surface area contributed by atoms with Crippen LogP contribution in [0.15, 0.2) is 6.20 Å². The van der Waals surface area contributed by atoms with Crippen LogP contribution in [-0.2, 0) is 0 Å². The van der Waals surface area contributed by atoms with Gasteiger partial charge in [0.05, 0.1) is 25.5 Å². The van der Waals surface area contributed by atoms with Crippen molar-refractivity contribution in [3.05, 3.63) is 11.9 Å². The van der Waals surface area contributed by atoms with Gasteiger partial charge >= 0.3 is 6.09 Å². The van der Waals surface area contributed by atoms with Crippen molar-refractivity contribution < 1.29 is 19.4 Å². The molecule has 1 atom stereocenters. The Bertz CT molecular complexity index is 621. The number of amides is 1. The molecular formula is C18H27N3O4. The average Bonchev–Trinajstić information content (AvgIpc) is 3.43. The highest BCUT2D eigenvalue weighted by Crippen LogP contribution is 2.43. The molecule has 0 bridgehead atoms. The van der Waals surface area contributed by atoms with Gasteiger partial charge in [0.2, 0.25) is 11.8 Å². The van der Waals surface area contributed by atoms with Crippen molar-refractivity contribution in [2.45, 2.75) is 58.4 Å². The zero-order valence-electron chi connectivity index (χ0n) is 15.1. The van der Waals surface area contributed by atoms with Crippen molar-refractivity contribution in [2.75, 3.05) is 13.2 Å². The van der Waals surface area contributed by atoms with E-state index in [0.29, 0.717) is 24.3 Å². The van der Waals surface area contributed by atoms with E-state index in [-0.39, 0.29) is 17.9 Å². The molecule has 2 aliphatic carbocycles. The minimum absolute atomic E-state index is 0.110. The Balaban J connectivity index is 1.64. The van der Waals surface area contributed by atoms with Crippen LogP contribution >= 0.6 is 0 Å². The third-order valence-corrected chi connectivity index (χ3v) is 4.58. The molecule has 2 N–H and O–H groups in total. The zero-order chi connectivity index (χ0) is 18.0. The highest BCUT2D eigenvalue weighted by atomic mass is 16.6. The number of nitrogens with one attached hydrogen (secondary N) is 1. The number of aliphatic hydroxyl groups excluding tert-OH is 1. The summed E-state index contributed by atoms with van der Waals surface area (Å²) in [6.07, 6.45) is 5.39. The van der Waals surface area contributed by atoms with Crippen LogP contribution in [-0.4, -0.2) is 40.4 Å². The summed E-state index contributed by atoms with van der Waals surface area (Å²) in [6, 6.07) is -0.413. The molecule has 3 rings (SSSR count). The molecule has 0 saturated heterocycles. The van der Waals surface area contributed by atoms with Crippen LogP contribution in [0.5, 0.6) is 11.8 Å². The van der Waals surface area contributed by atoms with Gasteiger partial charge in [-0.3, -0.25) is 0 Å². The fourth-order valence-corrected chi connectivity index (χ4v) is 2.44. The molecule has 0 aliphatic heterocycles. The minimum Gasteiger partial charge on any atom is -0.476 e. The number of hydrogen-bond acceptors (Lipinski definition) is 6. The van der Waals surface area contributed by atoms with E-state index in [1.54, 1.807) is 0 Å². The van der Waals surface area contributed by atoms with Crippen LogP contribution < -0.4 is 14.8 Å². The van der Waals surface area contributed by atoms with Gasteiger partial charge in [-0.1, -0.05) is 20.8 Å². The third kappa shape index (κ3) is 5.04. The van der Waals surface area contributed by atoms with Gasteiger partial charge in [-0.2, -0.15) is 4.98 Å². The van der Waals surface area contributed by atoms with E-state index < -0.39 is 12.1 Å². The molecule has 2 aliphatic rings. The highest BCUT2D eigenvalue weighted by molar-refractivity contribution is 5.70. The molecule has 1 amide bonds. The summed E-state index contributed by atoms with van der Waals surface area (Å²) < 4.78 is 11.1. The zero-order valence-corrected chi connectivity index (χ0v) is 15.1. The first-order chi connectivity index (χ1) is 11.9. The number of rotatable bonds is 7. The van der Waals surface area contributed by atoms with E-state index >= 15 is 0 Å². The molecule has 0 aromatic carbocycles. The van der Waals surface area contributed by atoms with Gasteiger partial charge in [0.15, 0.2) is 0 Å². The molecule has 0 radical (unpaired) electrons. The minimum atomic E-state index is -0.657. The van der Waals surface area contributed by atoms with Crippen LogP contribution in [0.25, 0.3) is 0 Å². The van der Waals surface area contributed by atoms with Crippen molar-refractivity contribution in [3.8, 4) is 11.8 Å². The van der Waals surface area contributed by atoms with Crippen molar-refractivity contribution >= 4 is 6.09 Å². The van der Waals surface area contributed by atoms with E-state index in [1.807, 2.05) is 20.8 Å². The molecule has 1 heterocycles. The Kier molecular flexibility index (Phi) is 5.13. The molecule has 138 valence electrons. The quantitative estimate of drug-likeness (QED) is 0.786. The van der Waals surface area contributed by atoms with Crippen molar-refractivity contribution in [1.29, 1.82) is 0 Å². The Morgan fingerprint density at radius 1 is 1.36 bits per heavy atom. The maximum absolute atomic E-state index is 12.1. The van der Waals surface area contributed by atoms with Crippen LogP contribution in [0.2, 0.25) is 0 Å². The fraction of sp³-hybridized carbons (Fsp3) is 0.722. The van der Waals surface area contributed by atoms with E-state index in [9.17, 15) is 9.90 Å². The summed E-state index contributed by atoms with van der Waals surface area (Å²) in [5.74, 6) is 1.61. The third-order valence-electron chi connectivity index (χ3n) is 4.58. The van der Waals surface area contributed by atoms with E-state index in [1.165, 1.54) is 19.0 Å². The van der Waals surface area contributed by atoms with E-state index in [2.05, 4.69) is 15.3 Å². The predicted molar refractivity (Wildman–Crippen MR) is 91.7 cm³/mol. The van der Waals surface area contributed by atoms with Gasteiger partial charge in [0, 0.05) is 5.92 Å². The summed E-state index contributed by atoms with van der Waals surface area (Å²) in [7, 11) is 0. The molecule has 2 saturated carbocycles. The number of ether oxygens (including phenoxy) is 2. The second-order valence-electron chi connectivity index (χ2n) is 8.06. The summed E-state index contributed by atoms with van der Waals surface area (Å²) >= 11 is 0. The molecule has 1 aromatic rings. The number of carbonyl (C=O) groups excluding carboxylic acids is 1.